The van der Waals surface area contributed by atoms with Gasteiger partial charge in [-0.2, -0.15) is 4.31 Å². The first-order valence-electron chi connectivity index (χ1n) is 8.91. The Balaban J connectivity index is 1.60. The van der Waals surface area contributed by atoms with Crippen molar-refractivity contribution < 1.29 is 22.7 Å². The van der Waals surface area contributed by atoms with Gasteiger partial charge in [0, 0.05) is 25.0 Å². The molecule has 0 spiro atoms. The molecule has 0 radical (unpaired) electrons. The van der Waals surface area contributed by atoms with Crippen molar-refractivity contribution in [2.24, 2.45) is 0 Å². The number of aromatic nitrogens is 1. The van der Waals surface area contributed by atoms with Crippen LogP contribution in [0, 0.1) is 0 Å². The van der Waals surface area contributed by atoms with E-state index in [0.717, 1.165) is 12.8 Å². The number of ether oxygens (including phenoxy) is 1. The number of sulfonamides is 1. The van der Waals surface area contributed by atoms with Crippen LogP contribution in [-0.4, -0.2) is 48.8 Å². The number of rotatable bonds is 6. The van der Waals surface area contributed by atoms with Crippen LogP contribution in [0.4, 0.5) is 5.69 Å². The van der Waals surface area contributed by atoms with Gasteiger partial charge in [0.15, 0.2) is 6.10 Å². The van der Waals surface area contributed by atoms with E-state index in [-0.39, 0.29) is 10.6 Å². The van der Waals surface area contributed by atoms with Crippen LogP contribution < -0.4 is 5.32 Å². The normalized spacial score (nSPS) is 15.8. The SMILES string of the molecule is C[C@@H](OC(=O)c1ccccn1)C(=O)Nc1ccc(S(=O)(=O)N2CCCC2)cc1. The van der Waals surface area contributed by atoms with Gasteiger partial charge in [0.05, 0.1) is 4.90 Å². The summed E-state index contributed by atoms with van der Waals surface area (Å²) in [4.78, 5) is 28.2. The zero-order valence-corrected chi connectivity index (χ0v) is 16.2. The molecule has 1 fully saturated rings. The largest absolute Gasteiger partial charge is 0.448 e. The van der Waals surface area contributed by atoms with E-state index < -0.39 is 28.0 Å². The molecular formula is C19H21N3O5S. The Kier molecular flexibility index (Phi) is 6.05. The third kappa shape index (κ3) is 4.55. The van der Waals surface area contributed by atoms with Crippen molar-refractivity contribution >= 4 is 27.6 Å². The Morgan fingerprint density at radius 3 is 2.39 bits per heavy atom. The van der Waals surface area contributed by atoms with Crippen molar-refractivity contribution in [1.29, 1.82) is 0 Å². The molecule has 1 N–H and O–H groups in total. The van der Waals surface area contributed by atoms with Gasteiger partial charge in [0.25, 0.3) is 5.91 Å². The van der Waals surface area contributed by atoms with Crippen LogP contribution in [0.25, 0.3) is 0 Å². The molecule has 0 aliphatic carbocycles. The maximum atomic E-state index is 12.5. The molecular weight excluding hydrogens is 382 g/mol. The summed E-state index contributed by atoms with van der Waals surface area (Å²) < 4.78 is 31.6. The number of carbonyl (C=O) groups excluding carboxylic acids is 2. The summed E-state index contributed by atoms with van der Waals surface area (Å²) in [7, 11) is -3.50. The quantitative estimate of drug-likeness (QED) is 0.740. The topological polar surface area (TPSA) is 106 Å². The van der Waals surface area contributed by atoms with Gasteiger partial charge < -0.3 is 10.1 Å². The van der Waals surface area contributed by atoms with Crippen molar-refractivity contribution in [3.63, 3.8) is 0 Å². The minimum atomic E-state index is -3.50. The number of anilines is 1. The molecule has 1 atom stereocenters. The van der Waals surface area contributed by atoms with Crippen LogP contribution in [0.5, 0.6) is 0 Å². The van der Waals surface area contributed by atoms with Crippen molar-refractivity contribution in [2.45, 2.75) is 30.8 Å². The highest BCUT2D eigenvalue weighted by Gasteiger charge is 2.27. The molecule has 1 aliphatic rings. The summed E-state index contributed by atoms with van der Waals surface area (Å²) in [5.41, 5.74) is 0.518. The number of amides is 1. The summed E-state index contributed by atoms with van der Waals surface area (Å²) in [5.74, 6) is -1.23. The van der Waals surface area contributed by atoms with E-state index in [2.05, 4.69) is 10.3 Å². The number of nitrogens with one attached hydrogen (secondary N) is 1. The highest BCUT2D eigenvalue weighted by Crippen LogP contribution is 2.22. The molecule has 1 aliphatic heterocycles. The van der Waals surface area contributed by atoms with Crippen LogP contribution in [0.2, 0.25) is 0 Å². The van der Waals surface area contributed by atoms with E-state index in [1.807, 2.05) is 0 Å². The van der Waals surface area contributed by atoms with Gasteiger partial charge in [0.1, 0.15) is 5.69 Å². The van der Waals surface area contributed by atoms with Crippen molar-refractivity contribution in [2.75, 3.05) is 18.4 Å². The van der Waals surface area contributed by atoms with Gasteiger partial charge in [-0.1, -0.05) is 6.07 Å². The number of hydrogen-bond donors (Lipinski definition) is 1. The summed E-state index contributed by atoms with van der Waals surface area (Å²) in [5, 5.41) is 2.60. The highest BCUT2D eigenvalue weighted by molar-refractivity contribution is 7.89. The Hall–Kier alpha value is -2.78. The second-order valence-electron chi connectivity index (χ2n) is 6.39. The van der Waals surface area contributed by atoms with Gasteiger partial charge in [-0.3, -0.25) is 4.79 Å². The Bertz CT molecular complexity index is 939. The summed E-state index contributed by atoms with van der Waals surface area (Å²) in [6.45, 7) is 2.50. The number of pyridine rings is 1. The van der Waals surface area contributed by atoms with Crippen LogP contribution in [0.15, 0.2) is 53.6 Å². The molecule has 28 heavy (non-hydrogen) atoms. The lowest BCUT2D eigenvalue weighted by molar-refractivity contribution is -0.123. The van der Waals surface area contributed by atoms with Crippen LogP contribution in [0.3, 0.4) is 0 Å². The highest BCUT2D eigenvalue weighted by atomic mass is 32.2. The molecule has 2 heterocycles. The minimum Gasteiger partial charge on any atom is -0.448 e. The second kappa shape index (κ2) is 8.49. The van der Waals surface area contributed by atoms with E-state index in [9.17, 15) is 18.0 Å². The predicted molar refractivity (Wildman–Crippen MR) is 102 cm³/mol. The molecule has 0 saturated carbocycles. The molecule has 9 heteroatoms. The lowest BCUT2D eigenvalue weighted by Gasteiger charge is -2.16. The third-order valence-corrected chi connectivity index (χ3v) is 6.26. The van der Waals surface area contributed by atoms with Gasteiger partial charge in [-0.25, -0.2) is 18.2 Å². The zero-order chi connectivity index (χ0) is 20.1. The van der Waals surface area contributed by atoms with E-state index in [4.69, 9.17) is 4.74 Å². The fourth-order valence-corrected chi connectivity index (χ4v) is 4.31. The average molecular weight is 403 g/mol. The van der Waals surface area contributed by atoms with Gasteiger partial charge >= 0.3 is 5.97 Å². The fourth-order valence-electron chi connectivity index (χ4n) is 2.79. The van der Waals surface area contributed by atoms with E-state index in [1.54, 1.807) is 12.1 Å². The first kappa shape index (κ1) is 20.0. The Morgan fingerprint density at radius 1 is 1.11 bits per heavy atom. The number of benzene rings is 1. The zero-order valence-electron chi connectivity index (χ0n) is 15.4. The lowest BCUT2D eigenvalue weighted by Crippen LogP contribution is -2.30. The number of carbonyl (C=O) groups is 2. The fraction of sp³-hybridized carbons (Fsp3) is 0.316. The van der Waals surface area contributed by atoms with Crippen LogP contribution >= 0.6 is 0 Å². The molecule has 8 nitrogen and oxygen atoms in total. The average Bonchev–Trinajstić information content (AvgIpc) is 3.25. The molecule has 1 aromatic heterocycles. The molecule has 0 bridgehead atoms. The van der Waals surface area contributed by atoms with E-state index in [0.29, 0.717) is 18.8 Å². The first-order chi connectivity index (χ1) is 13.4. The number of hydrogen-bond acceptors (Lipinski definition) is 6. The summed E-state index contributed by atoms with van der Waals surface area (Å²) in [6.07, 6.45) is 2.15. The Morgan fingerprint density at radius 2 is 1.79 bits per heavy atom. The number of nitrogens with zero attached hydrogens (tertiary/aromatic N) is 2. The molecule has 1 saturated heterocycles. The van der Waals surface area contributed by atoms with E-state index in [1.165, 1.54) is 47.8 Å². The molecule has 0 unspecified atom stereocenters. The standard InChI is InChI=1S/C19H21N3O5S/c1-14(27-19(24)17-6-2-3-11-20-17)18(23)21-15-7-9-16(10-8-15)28(25,26)22-12-4-5-13-22/h2-3,6-11,14H,4-5,12-13H2,1H3,(H,21,23)/t14-/m1/s1. The van der Waals surface area contributed by atoms with Gasteiger partial charge in [0.2, 0.25) is 10.0 Å². The van der Waals surface area contributed by atoms with Crippen molar-refractivity contribution in [3.8, 4) is 0 Å². The first-order valence-corrected chi connectivity index (χ1v) is 10.3. The van der Waals surface area contributed by atoms with Gasteiger partial charge in [-0.05, 0) is 56.2 Å². The molecule has 2 aromatic rings. The monoisotopic (exact) mass is 403 g/mol. The lowest BCUT2D eigenvalue weighted by atomic mass is 10.3. The van der Waals surface area contributed by atoms with Gasteiger partial charge in [-0.15, -0.1) is 0 Å². The molecule has 148 valence electrons. The van der Waals surface area contributed by atoms with E-state index >= 15 is 0 Å². The third-order valence-electron chi connectivity index (χ3n) is 4.35. The Labute approximate surface area is 163 Å². The van der Waals surface area contributed by atoms with Crippen LogP contribution in [0.1, 0.15) is 30.3 Å². The van der Waals surface area contributed by atoms with Crippen LogP contribution in [-0.2, 0) is 19.6 Å². The molecule has 1 aromatic carbocycles. The smallest absolute Gasteiger partial charge is 0.357 e. The maximum Gasteiger partial charge on any atom is 0.357 e. The second-order valence-corrected chi connectivity index (χ2v) is 8.33. The predicted octanol–water partition coefficient (Wildman–Crippen LogP) is 2.05. The number of esters is 1. The minimum absolute atomic E-state index is 0.110. The molecule has 1 amide bonds. The summed E-state index contributed by atoms with van der Waals surface area (Å²) >= 11 is 0. The van der Waals surface area contributed by atoms with Crippen molar-refractivity contribution in [1.82, 2.24) is 9.29 Å². The maximum absolute atomic E-state index is 12.5. The van der Waals surface area contributed by atoms with Crippen molar-refractivity contribution in [3.05, 3.63) is 54.4 Å². The molecule has 3 rings (SSSR count). The summed E-state index contributed by atoms with van der Waals surface area (Å²) in [6, 6.07) is 10.7.